The van der Waals surface area contributed by atoms with Crippen molar-refractivity contribution in [3.05, 3.63) is 58.1 Å². The van der Waals surface area contributed by atoms with Crippen LogP contribution in [0.2, 0.25) is 0 Å². The first-order valence-corrected chi connectivity index (χ1v) is 8.58. The first-order valence-electron chi connectivity index (χ1n) is 7.79. The van der Waals surface area contributed by atoms with Gasteiger partial charge in [0.15, 0.2) is 0 Å². The van der Waals surface area contributed by atoms with Crippen molar-refractivity contribution in [3.8, 4) is 5.75 Å². The van der Waals surface area contributed by atoms with E-state index in [2.05, 4.69) is 15.9 Å². The lowest BCUT2D eigenvalue weighted by atomic mass is 10.1. The Morgan fingerprint density at radius 3 is 2.50 bits per heavy atom. The van der Waals surface area contributed by atoms with Gasteiger partial charge in [0, 0.05) is 23.1 Å². The Morgan fingerprint density at radius 2 is 1.83 bits per heavy atom. The van der Waals surface area contributed by atoms with Gasteiger partial charge < -0.3 is 9.64 Å². The number of halogens is 1. The van der Waals surface area contributed by atoms with Crippen molar-refractivity contribution >= 4 is 33.5 Å². The molecule has 0 radical (unpaired) electrons. The standard InChI is InChI=1S/C19H18BrNO3/c1-12-3-8-17(9-13(12)2)24-19(23)14-10-18(22)21(11-14)16-6-4-15(20)5-7-16/h3-9,14H,10-11H2,1-2H3/t14-/m1/s1. The molecule has 1 amide bonds. The van der Waals surface area contributed by atoms with Crippen molar-refractivity contribution in [1.82, 2.24) is 0 Å². The summed E-state index contributed by atoms with van der Waals surface area (Å²) in [7, 11) is 0. The van der Waals surface area contributed by atoms with Gasteiger partial charge in [-0.25, -0.2) is 0 Å². The smallest absolute Gasteiger partial charge is 0.316 e. The van der Waals surface area contributed by atoms with E-state index in [0.29, 0.717) is 12.3 Å². The molecule has 0 bridgehead atoms. The summed E-state index contributed by atoms with van der Waals surface area (Å²) in [5, 5.41) is 0. The number of carbonyl (C=O) groups is 2. The second-order valence-corrected chi connectivity index (χ2v) is 6.96. The number of anilines is 1. The molecule has 24 heavy (non-hydrogen) atoms. The number of amides is 1. The molecule has 0 unspecified atom stereocenters. The van der Waals surface area contributed by atoms with Crippen LogP contribution < -0.4 is 9.64 Å². The fourth-order valence-electron chi connectivity index (χ4n) is 2.71. The minimum absolute atomic E-state index is 0.0561. The van der Waals surface area contributed by atoms with E-state index in [1.165, 1.54) is 0 Å². The quantitative estimate of drug-likeness (QED) is 0.589. The molecule has 0 aromatic heterocycles. The number of hydrogen-bond donors (Lipinski definition) is 0. The molecule has 5 heteroatoms. The zero-order chi connectivity index (χ0) is 17.3. The van der Waals surface area contributed by atoms with E-state index in [4.69, 9.17) is 4.74 Å². The van der Waals surface area contributed by atoms with Crippen LogP contribution in [0.1, 0.15) is 17.5 Å². The van der Waals surface area contributed by atoms with Gasteiger partial charge in [0.25, 0.3) is 0 Å². The molecule has 1 aliphatic heterocycles. The molecule has 1 atom stereocenters. The Kier molecular flexibility index (Phi) is 4.71. The summed E-state index contributed by atoms with van der Waals surface area (Å²) in [4.78, 5) is 26.2. The summed E-state index contributed by atoms with van der Waals surface area (Å²) < 4.78 is 6.41. The molecule has 2 aromatic carbocycles. The van der Waals surface area contributed by atoms with Crippen LogP contribution in [0.25, 0.3) is 0 Å². The third kappa shape index (κ3) is 3.51. The zero-order valence-electron chi connectivity index (χ0n) is 13.6. The molecule has 1 fully saturated rings. The maximum Gasteiger partial charge on any atom is 0.316 e. The van der Waals surface area contributed by atoms with Gasteiger partial charge in [-0.2, -0.15) is 0 Å². The number of nitrogens with zero attached hydrogens (tertiary/aromatic N) is 1. The second-order valence-electron chi connectivity index (χ2n) is 6.05. The van der Waals surface area contributed by atoms with Crippen molar-refractivity contribution in [1.29, 1.82) is 0 Å². The van der Waals surface area contributed by atoms with E-state index in [1.807, 2.05) is 50.2 Å². The van der Waals surface area contributed by atoms with Gasteiger partial charge in [0.1, 0.15) is 5.75 Å². The fraction of sp³-hybridized carbons (Fsp3) is 0.263. The van der Waals surface area contributed by atoms with E-state index in [9.17, 15) is 9.59 Å². The van der Waals surface area contributed by atoms with Crippen LogP contribution in [0.3, 0.4) is 0 Å². The maximum absolute atomic E-state index is 12.4. The Balaban J connectivity index is 1.69. The molecule has 0 aliphatic carbocycles. The molecule has 0 spiro atoms. The van der Waals surface area contributed by atoms with Crippen LogP contribution in [-0.2, 0) is 9.59 Å². The topological polar surface area (TPSA) is 46.6 Å². The van der Waals surface area contributed by atoms with Gasteiger partial charge in [-0.05, 0) is 61.4 Å². The third-order valence-electron chi connectivity index (χ3n) is 4.29. The molecule has 1 aliphatic rings. The molecule has 0 saturated carbocycles. The summed E-state index contributed by atoms with van der Waals surface area (Å²) in [6, 6.07) is 13.0. The van der Waals surface area contributed by atoms with Gasteiger partial charge in [0.2, 0.25) is 5.91 Å². The monoisotopic (exact) mass is 387 g/mol. The Labute approximate surface area is 149 Å². The van der Waals surface area contributed by atoms with Gasteiger partial charge in [-0.15, -0.1) is 0 Å². The predicted octanol–water partition coefficient (Wildman–Crippen LogP) is 4.02. The van der Waals surface area contributed by atoms with Crippen LogP contribution in [0.15, 0.2) is 46.9 Å². The molecule has 3 rings (SSSR count). The number of benzene rings is 2. The lowest BCUT2D eigenvalue weighted by Crippen LogP contribution is -2.27. The van der Waals surface area contributed by atoms with E-state index >= 15 is 0 Å². The number of carbonyl (C=O) groups excluding carboxylic acids is 2. The van der Waals surface area contributed by atoms with Gasteiger partial charge in [0.05, 0.1) is 5.92 Å². The average Bonchev–Trinajstić information content (AvgIpc) is 2.94. The molecule has 0 N–H and O–H groups in total. The summed E-state index contributed by atoms with van der Waals surface area (Å²) in [5.74, 6) is -0.328. The number of hydrogen-bond acceptors (Lipinski definition) is 3. The summed E-state index contributed by atoms with van der Waals surface area (Å²) in [6.07, 6.45) is 0.180. The van der Waals surface area contributed by atoms with E-state index in [1.54, 1.807) is 11.0 Å². The highest BCUT2D eigenvalue weighted by atomic mass is 79.9. The van der Waals surface area contributed by atoms with Crippen molar-refractivity contribution in [2.24, 2.45) is 5.92 Å². The number of ether oxygens (including phenoxy) is 1. The number of esters is 1. The zero-order valence-corrected chi connectivity index (χ0v) is 15.2. The summed E-state index contributed by atoms with van der Waals surface area (Å²) in [5.41, 5.74) is 3.01. The van der Waals surface area contributed by atoms with Crippen molar-refractivity contribution in [2.75, 3.05) is 11.4 Å². The SMILES string of the molecule is Cc1ccc(OC(=O)[C@@H]2CC(=O)N(c3ccc(Br)cc3)C2)cc1C. The lowest BCUT2D eigenvalue weighted by Gasteiger charge is -2.16. The van der Waals surface area contributed by atoms with Gasteiger partial charge in [-0.3, -0.25) is 9.59 Å². The Morgan fingerprint density at radius 1 is 1.12 bits per heavy atom. The first-order chi connectivity index (χ1) is 11.4. The highest BCUT2D eigenvalue weighted by molar-refractivity contribution is 9.10. The van der Waals surface area contributed by atoms with Gasteiger partial charge >= 0.3 is 5.97 Å². The minimum Gasteiger partial charge on any atom is -0.426 e. The molecule has 1 heterocycles. The first kappa shape index (κ1) is 16.7. The Hall–Kier alpha value is -2.14. The van der Waals surface area contributed by atoms with Crippen LogP contribution in [0.5, 0.6) is 5.75 Å². The van der Waals surface area contributed by atoms with Crippen LogP contribution in [-0.4, -0.2) is 18.4 Å². The molecule has 4 nitrogen and oxygen atoms in total. The highest BCUT2D eigenvalue weighted by Crippen LogP contribution is 2.28. The highest BCUT2D eigenvalue weighted by Gasteiger charge is 2.36. The molecule has 124 valence electrons. The van der Waals surface area contributed by atoms with Crippen molar-refractivity contribution < 1.29 is 14.3 Å². The van der Waals surface area contributed by atoms with Crippen LogP contribution >= 0.6 is 15.9 Å². The maximum atomic E-state index is 12.4. The Bertz CT molecular complexity index is 786. The molecular weight excluding hydrogens is 370 g/mol. The molecule has 1 saturated heterocycles. The fourth-order valence-corrected chi connectivity index (χ4v) is 2.98. The van der Waals surface area contributed by atoms with E-state index in [0.717, 1.165) is 21.3 Å². The van der Waals surface area contributed by atoms with Crippen LogP contribution in [0.4, 0.5) is 5.69 Å². The largest absolute Gasteiger partial charge is 0.426 e. The normalized spacial score (nSPS) is 17.2. The minimum atomic E-state index is -0.442. The van der Waals surface area contributed by atoms with Crippen LogP contribution in [0, 0.1) is 19.8 Å². The second kappa shape index (κ2) is 6.77. The summed E-state index contributed by atoms with van der Waals surface area (Å²) >= 11 is 3.37. The van der Waals surface area contributed by atoms with E-state index in [-0.39, 0.29) is 18.3 Å². The van der Waals surface area contributed by atoms with Crippen molar-refractivity contribution in [3.63, 3.8) is 0 Å². The van der Waals surface area contributed by atoms with E-state index < -0.39 is 5.92 Å². The third-order valence-corrected chi connectivity index (χ3v) is 4.82. The lowest BCUT2D eigenvalue weighted by molar-refractivity contribution is -0.139. The van der Waals surface area contributed by atoms with Gasteiger partial charge in [-0.1, -0.05) is 22.0 Å². The number of rotatable bonds is 3. The molecule has 2 aromatic rings. The molecular formula is C19H18BrNO3. The van der Waals surface area contributed by atoms with Crippen molar-refractivity contribution in [2.45, 2.75) is 20.3 Å². The predicted molar refractivity (Wildman–Crippen MR) is 96.2 cm³/mol. The summed E-state index contributed by atoms with van der Waals surface area (Å²) in [6.45, 7) is 4.33. The average molecular weight is 388 g/mol. The number of aryl methyl sites for hydroxylation is 2.